The molecular weight excluding hydrogens is 420 g/mol. The first kappa shape index (κ1) is 24.6. The predicted molar refractivity (Wildman–Crippen MR) is 128 cm³/mol. The summed E-state index contributed by atoms with van der Waals surface area (Å²) in [5, 5.41) is 12.5. The van der Waals surface area contributed by atoms with Gasteiger partial charge in [0, 0.05) is 29.0 Å². The molecule has 3 rings (SSSR count). The standard InChI is InChI=1S/C26H34N2O5/c1-15-11-16(2)22(17(3)12-15)27-24(30)23-18-13-20(32-6)21(33-7)14-19(18)25(31)28(23)26(4,5)9-8-10-29/h11-14,23,29H,8-10H2,1-7H3,(H,27,30). The lowest BCUT2D eigenvalue weighted by atomic mass is 9.94. The van der Waals surface area contributed by atoms with Crippen LogP contribution in [0.4, 0.5) is 5.69 Å². The van der Waals surface area contributed by atoms with Gasteiger partial charge < -0.3 is 24.8 Å². The van der Waals surface area contributed by atoms with Crippen molar-refractivity contribution in [3.63, 3.8) is 0 Å². The van der Waals surface area contributed by atoms with Crippen molar-refractivity contribution < 1.29 is 24.2 Å². The lowest BCUT2D eigenvalue weighted by molar-refractivity contribution is -0.122. The summed E-state index contributed by atoms with van der Waals surface area (Å²) in [6.07, 6.45) is 1.06. The number of benzene rings is 2. The Morgan fingerprint density at radius 1 is 1.06 bits per heavy atom. The van der Waals surface area contributed by atoms with Crippen molar-refractivity contribution in [3.05, 3.63) is 52.1 Å². The zero-order valence-corrected chi connectivity index (χ0v) is 20.5. The summed E-state index contributed by atoms with van der Waals surface area (Å²) in [6.45, 7) is 9.79. The number of aryl methyl sites for hydroxylation is 3. The average Bonchev–Trinajstić information content (AvgIpc) is 3.06. The number of amides is 2. The number of carbonyl (C=O) groups is 2. The van der Waals surface area contributed by atoms with Crippen LogP contribution in [0.5, 0.6) is 11.5 Å². The smallest absolute Gasteiger partial charge is 0.255 e. The fourth-order valence-electron chi connectivity index (χ4n) is 4.78. The molecule has 7 nitrogen and oxygen atoms in total. The van der Waals surface area contributed by atoms with Crippen LogP contribution < -0.4 is 14.8 Å². The molecule has 0 bridgehead atoms. The maximum Gasteiger partial charge on any atom is 0.255 e. The molecule has 1 aliphatic rings. The molecule has 7 heteroatoms. The van der Waals surface area contributed by atoms with E-state index in [1.54, 1.807) is 17.0 Å². The van der Waals surface area contributed by atoms with E-state index in [0.29, 0.717) is 35.5 Å². The van der Waals surface area contributed by atoms with Gasteiger partial charge in [-0.25, -0.2) is 0 Å². The van der Waals surface area contributed by atoms with Crippen LogP contribution in [-0.4, -0.2) is 48.2 Å². The molecule has 2 amide bonds. The summed E-state index contributed by atoms with van der Waals surface area (Å²) in [6, 6.07) is 6.55. The van der Waals surface area contributed by atoms with Crippen LogP contribution in [0.15, 0.2) is 24.3 Å². The molecule has 0 saturated heterocycles. The molecule has 33 heavy (non-hydrogen) atoms. The summed E-state index contributed by atoms with van der Waals surface area (Å²) >= 11 is 0. The van der Waals surface area contributed by atoms with Gasteiger partial charge >= 0.3 is 0 Å². The van der Waals surface area contributed by atoms with E-state index in [0.717, 1.165) is 22.4 Å². The molecule has 0 radical (unpaired) electrons. The summed E-state index contributed by atoms with van der Waals surface area (Å²) in [4.78, 5) is 29.0. The molecule has 2 N–H and O–H groups in total. The van der Waals surface area contributed by atoms with Gasteiger partial charge in [-0.05, 0) is 70.7 Å². The van der Waals surface area contributed by atoms with Gasteiger partial charge in [-0.1, -0.05) is 17.7 Å². The van der Waals surface area contributed by atoms with Gasteiger partial charge in [0.2, 0.25) is 0 Å². The molecule has 0 saturated carbocycles. The largest absolute Gasteiger partial charge is 0.493 e. The Labute approximate surface area is 195 Å². The number of ether oxygens (including phenoxy) is 2. The lowest BCUT2D eigenvalue weighted by Crippen LogP contribution is -2.49. The number of carbonyl (C=O) groups excluding carboxylic acids is 2. The third-order valence-electron chi connectivity index (χ3n) is 6.33. The van der Waals surface area contributed by atoms with Crippen LogP contribution >= 0.6 is 0 Å². The quantitative estimate of drug-likeness (QED) is 0.620. The maximum atomic E-state index is 13.8. The van der Waals surface area contributed by atoms with E-state index in [1.165, 1.54) is 14.2 Å². The molecular formula is C26H34N2O5. The summed E-state index contributed by atoms with van der Waals surface area (Å²) < 4.78 is 10.9. The highest BCUT2D eigenvalue weighted by molar-refractivity contribution is 6.08. The van der Waals surface area contributed by atoms with Crippen LogP contribution in [0, 0.1) is 20.8 Å². The first-order valence-electron chi connectivity index (χ1n) is 11.1. The number of rotatable bonds is 8. The summed E-state index contributed by atoms with van der Waals surface area (Å²) in [5.74, 6) is 0.358. The molecule has 2 aromatic carbocycles. The normalized spacial score (nSPS) is 15.5. The van der Waals surface area contributed by atoms with Crippen LogP contribution in [-0.2, 0) is 4.79 Å². The van der Waals surface area contributed by atoms with E-state index in [1.807, 2.05) is 46.8 Å². The van der Waals surface area contributed by atoms with Gasteiger partial charge in [0.05, 0.1) is 14.2 Å². The van der Waals surface area contributed by atoms with Crippen LogP contribution in [0.25, 0.3) is 0 Å². The Balaban J connectivity index is 2.12. The minimum Gasteiger partial charge on any atom is -0.493 e. The third kappa shape index (κ3) is 4.55. The van der Waals surface area contributed by atoms with Crippen LogP contribution in [0.2, 0.25) is 0 Å². The highest BCUT2D eigenvalue weighted by atomic mass is 16.5. The van der Waals surface area contributed by atoms with Crippen molar-refractivity contribution in [1.29, 1.82) is 0 Å². The second kappa shape index (κ2) is 9.43. The Morgan fingerprint density at radius 3 is 2.18 bits per heavy atom. The lowest BCUT2D eigenvalue weighted by Gasteiger charge is -2.39. The number of nitrogens with zero attached hydrogens (tertiary/aromatic N) is 1. The fraction of sp³-hybridized carbons (Fsp3) is 0.462. The Bertz CT molecular complexity index is 1050. The van der Waals surface area contributed by atoms with Gasteiger partial charge in [0.15, 0.2) is 11.5 Å². The monoisotopic (exact) mass is 454 g/mol. The zero-order valence-electron chi connectivity index (χ0n) is 20.5. The molecule has 1 unspecified atom stereocenters. The second-order valence-corrected chi connectivity index (χ2v) is 9.27. The van der Waals surface area contributed by atoms with Gasteiger partial charge in [-0.2, -0.15) is 0 Å². The van der Waals surface area contributed by atoms with E-state index in [9.17, 15) is 14.7 Å². The SMILES string of the molecule is COc1cc2c(cc1OC)C(C(=O)Nc1c(C)cc(C)cc1C)N(C(C)(C)CCCO)C2=O. The molecule has 0 aliphatic carbocycles. The third-order valence-corrected chi connectivity index (χ3v) is 6.33. The fourth-order valence-corrected chi connectivity index (χ4v) is 4.78. The zero-order chi connectivity index (χ0) is 24.5. The number of aliphatic hydroxyl groups is 1. The summed E-state index contributed by atoms with van der Waals surface area (Å²) in [5.41, 5.74) is 4.12. The van der Waals surface area contributed by atoms with Crippen molar-refractivity contribution in [1.82, 2.24) is 4.90 Å². The number of hydrogen-bond acceptors (Lipinski definition) is 5. The first-order valence-corrected chi connectivity index (χ1v) is 11.1. The van der Waals surface area contributed by atoms with Gasteiger partial charge in [-0.15, -0.1) is 0 Å². The number of nitrogens with one attached hydrogen (secondary N) is 1. The van der Waals surface area contributed by atoms with Gasteiger partial charge in [0.1, 0.15) is 6.04 Å². The van der Waals surface area contributed by atoms with E-state index >= 15 is 0 Å². The number of hydrogen-bond donors (Lipinski definition) is 2. The summed E-state index contributed by atoms with van der Waals surface area (Å²) in [7, 11) is 3.04. The Kier molecular flexibility index (Phi) is 7.03. The van der Waals surface area contributed by atoms with Crippen molar-refractivity contribution in [2.75, 3.05) is 26.1 Å². The minimum atomic E-state index is -0.846. The number of fused-ring (bicyclic) bond motifs is 1. The first-order chi connectivity index (χ1) is 15.5. The molecule has 2 aromatic rings. The van der Waals surface area contributed by atoms with E-state index in [-0.39, 0.29) is 18.4 Å². The molecule has 178 valence electrons. The molecule has 0 aromatic heterocycles. The topological polar surface area (TPSA) is 88.1 Å². The minimum absolute atomic E-state index is 0.0126. The van der Waals surface area contributed by atoms with Gasteiger partial charge in [-0.3, -0.25) is 9.59 Å². The van der Waals surface area contributed by atoms with Crippen molar-refractivity contribution in [2.45, 2.75) is 59.0 Å². The number of anilines is 1. The van der Waals surface area contributed by atoms with Crippen molar-refractivity contribution >= 4 is 17.5 Å². The van der Waals surface area contributed by atoms with Crippen molar-refractivity contribution in [2.24, 2.45) is 0 Å². The molecule has 0 spiro atoms. The number of methoxy groups -OCH3 is 2. The average molecular weight is 455 g/mol. The molecule has 1 heterocycles. The second-order valence-electron chi connectivity index (χ2n) is 9.27. The van der Waals surface area contributed by atoms with Gasteiger partial charge in [0.25, 0.3) is 11.8 Å². The van der Waals surface area contributed by atoms with Crippen LogP contribution in [0.1, 0.15) is 65.3 Å². The number of aliphatic hydroxyl groups excluding tert-OH is 1. The Morgan fingerprint density at radius 2 is 1.64 bits per heavy atom. The highest BCUT2D eigenvalue weighted by Gasteiger charge is 2.48. The highest BCUT2D eigenvalue weighted by Crippen LogP contribution is 2.45. The van der Waals surface area contributed by atoms with Crippen LogP contribution in [0.3, 0.4) is 0 Å². The molecule has 1 atom stereocenters. The van der Waals surface area contributed by atoms with E-state index in [2.05, 4.69) is 5.32 Å². The predicted octanol–water partition coefficient (Wildman–Crippen LogP) is 4.32. The van der Waals surface area contributed by atoms with E-state index in [4.69, 9.17) is 9.47 Å². The molecule has 0 fully saturated rings. The maximum absolute atomic E-state index is 13.8. The Hall–Kier alpha value is -3.06. The molecule has 1 aliphatic heterocycles. The van der Waals surface area contributed by atoms with Crippen molar-refractivity contribution in [3.8, 4) is 11.5 Å². The van der Waals surface area contributed by atoms with E-state index < -0.39 is 11.6 Å².